The lowest BCUT2D eigenvalue weighted by Crippen LogP contribution is -2.44. The van der Waals surface area contributed by atoms with Gasteiger partial charge in [-0.3, -0.25) is 0 Å². The van der Waals surface area contributed by atoms with Crippen molar-refractivity contribution in [3.63, 3.8) is 0 Å². The highest BCUT2D eigenvalue weighted by molar-refractivity contribution is 5.51. The molecule has 0 radical (unpaired) electrons. The number of hydrogen-bond acceptors (Lipinski definition) is 4. The highest BCUT2D eigenvalue weighted by Gasteiger charge is 2.25. The molecule has 1 heterocycles. The SMILES string of the molecule is CCCNCc1cc(F)c(N2CCOC(CO)C2)c(F)c1. The van der Waals surface area contributed by atoms with Gasteiger partial charge in [0.1, 0.15) is 17.3 Å². The van der Waals surface area contributed by atoms with Crippen molar-refractivity contribution < 1.29 is 18.6 Å². The first-order chi connectivity index (χ1) is 10.2. The molecule has 21 heavy (non-hydrogen) atoms. The number of aliphatic hydroxyl groups is 1. The Labute approximate surface area is 123 Å². The molecular formula is C15H22F2N2O2. The molecule has 0 aromatic heterocycles. The van der Waals surface area contributed by atoms with Gasteiger partial charge in [-0.2, -0.15) is 0 Å². The van der Waals surface area contributed by atoms with E-state index in [1.54, 1.807) is 4.90 Å². The predicted octanol–water partition coefficient (Wildman–Crippen LogP) is 1.66. The summed E-state index contributed by atoms with van der Waals surface area (Å²) in [6.45, 7) is 4.20. The van der Waals surface area contributed by atoms with E-state index in [-0.39, 0.29) is 18.8 Å². The first-order valence-electron chi connectivity index (χ1n) is 7.31. The molecule has 1 aliphatic rings. The molecule has 2 rings (SSSR count). The van der Waals surface area contributed by atoms with Gasteiger partial charge in [-0.1, -0.05) is 6.92 Å². The maximum atomic E-state index is 14.2. The van der Waals surface area contributed by atoms with Crippen molar-refractivity contribution in [1.82, 2.24) is 5.32 Å². The fraction of sp³-hybridized carbons (Fsp3) is 0.600. The van der Waals surface area contributed by atoms with Gasteiger partial charge < -0.3 is 20.1 Å². The van der Waals surface area contributed by atoms with Crippen LogP contribution in [-0.2, 0) is 11.3 Å². The summed E-state index contributed by atoms with van der Waals surface area (Å²) in [6.07, 6.45) is 0.572. The number of hydrogen-bond donors (Lipinski definition) is 2. The Kier molecular flexibility index (Phi) is 5.90. The summed E-state index contributed by atoms with van der Waals surface area (Å²) >= 11 is 0. The van der Waals surface area contributed by atoms with Crippen LogP contribution in [0.25, 0.3) is 0 Å². The molecule has 1 unspecified atom stereocenters. The molecule has 0 spiro atoms. The molecule has 4 nitrogen and oxygen atoms in total. The molecule has 0 saturated carbocycles. The van der Waals surface area contributed by atoms with Gasteiger partial charge in [0, 0.05) is 19.6 Å². The van der Waals surface area contributed by atoms with Crippen LogP contribution in [0.2, 0.25) is 0 Å². The monoisotopic (exact) mass is 300 g/mol. The Morgan fingerprint density at radius 1 is 1.38 bits per heavy atom. The maximum absolute atomic E-state index is 14.2. The molecule has 1 fully saturated rings. The Balaban J connectivity index is 2.12. The third-order valence-electron chi connectivity index (χ3n) is 3.49. The molecule has 1 atom stereocenters. The fourth-order valence-electron chi connectivity index (χ4n) is 2.46. The molecule has 2 N–H and O–H groups in total. The van der Waals surface area contributed by atoms with Gasteiger partial charge in [0.15, 0.2) is 0 Å². The molecule has 1 aliphatic heterocycles. The summed E-state index contributed by atoms with van der Waals surface area (Å²) in [7, 11) is 0. The number of rotatable bonds is 6. The number of ether oxygens (including phenoxy) is 1. The van der Waals surface area contributed by atoms with E-state index < -0.39 is 17.7 Å². The Bertz CT molecular complexity index is 448. The van der Waals surface area contributed by atoms with Gasteiger partial charge in [-0.15, -0.1) is 0 Å². The number of aliphatic hydroxyl groups excluding tert-OH is 1. The summed E-state index contributed by atoms with van der Waals surface area (Å²) in [5.74, 6) is -1.14. The minimum Gasteiger partial charge on any atom is -0.394 e. The second kappa shape index (κ2) is 7.68. The number of halogens is 2. The van der Waals surface area contributed by atoms with Crippen molar-refractivity contribution in [2.24, 2.45) is 0 Å². The van der Waals surface area contributed by atoms with E-state index in [0.29, 0.717) is 25.3 Å². The van der Waals surface area contributed by atoms with Crippen LogP contribution in [0.1, 0.15) is 18.9 Å². The third-order valence-corrected chi connectivity index (χ3v) is 3.49. The van der Waals surface area contributed by atoms with Crippen molar-refractivity contribution in [2.45, 2.75) is 26.0 Å². The summed E-state index contributed by atoms with van der Waals surface area (Å²) in [6, 6.07) is 2.73. The Hall–Kier alpha value is -1.24. The van der Waals surface area contributed by atoms with Crippen LogP contribution in [0.5, 0.6) is 0 Å². The number of anilines is 1. The third kappa shape index (κ3) is 4.12. The zero-order valence-electron chi connectivity index (χ0n) is 12.2. The average Bonchev–Trinajstić information content (AvgIpc) is 2.47. The van der Waals surface area contributed by atoms with Gasteiger partial charge >= 0.3 is 0 Å². The predicted molar refractivity (Wildman–Crippen MR) is 77.4 cm³/mol. The molecule has 1 aromatic carbocycles. The zero-order valence-corrected chi connectivity index (χ0v) is 12.2. The topological polar surface area (TPSA) is 44.7 Å². The molecule has 1 saturated heterocycles. The van der Waals surface area contributed by atoms with Gasteiger partial charge in [0.05, 0.1) is 19.3 Å². The lowest BCUT2D eigenvalue weighted by atomic mass is 10.1. The number of nitrogens with zero attached hydrogens (tertiary/aromatic N) is 1. The average molecular weight is 300 g/mol. The van der Waals surface area contributed by atoms with Crippen molar-refractivity contribution >= 4 is 5.69 Å². The maximum Gasteiger partial charge on any atom is 0.149 e. The van der Waals surface area contributed by atoms with E-state index in [9.17, 15) is 8.78 Å². The van der Waals surface area contributed by atoms with E-state index in [0.717, 1.165) is 13.0 Å². The molecule has 6 heteroatoms. The van der Waals surface area contributed by atoms with Crippen LogP contribution in [0.4, 0.5) is 14.5 Å². The largest absolute Gasteiger partial charge is 0.394 e. The molecule has 0 bridgehead atoms. The second-order valence-electron chi connectivity index (χ2n) is 5.21. The van der Waals surface area contributed by atoms with E-state index in [4.69, 9.17) is 9.84 Å². The zero-order chi connectivity index (χ0) is 15.2. The lowest BCUT2D eigenvalue weighted by Gasteiger charge is -2.34. The minimum absolute atomic E-state index is 0.0315. The van der Waals surface area contributed by atoms with E-state index >= 15 is 0 Å². The molecule has 1 aromatic rings. The van der Waals surface area contributed by atoms with E-state index in [2.05, 4.69) is 5.32 Å². The van der Waals surface area contributed by atoms with Crippen molar-refractivity contribution in [1.29, 1.82) is 0 Å². The van der Waals surface area contributed by atoms with Crippen LogP contribution in [0.15, 0.2) is 12.1 Å². The van der Waals surface area contributed by atoms with Gasteiger partial charge in [-0.05, 0) is 30.7 Å². The Morgan fingerprint density at radius 3 is 2.71 bits per heavy atom. The first kappa shape index (κ1) is 16.1. The minimum atomic E-state index is -0.568. The summed E-state index contributed by atoms with van der Waals surface area (Å²) in [5, 5.41) is 12.2. The number of benzene rings is 1. The van der Waals surface area contributed by atoms with Crippen LogP contribution in [0, 0.1) is 11.6 Å². The van der Waals surface area contributed by atoms with Crippen LogP contribution < -0.4 is 10.2 Å². The van der Waals surface area contributed by atoms with Crippen molar-refractivity contribution in [3.05, 3.63) is 29.3 Å². The second-order valence-corrected chi connectivity index (χ2v) is 5.21. The number of nitrogens with one attached hydrogen (secondary N) is 1. The van der Waals surface area contributed by atoms with Crippen LogP contribution in [0.3, 0.4) is 0 Å². The smallest absolute Gasteiger partial charge is 0.149 e. The van der Waals surface area contributed by atoms with E-state index in [1.165, 1.54) is 12.1 Å². The first-order valence-corrected chi connectivity index (χ1v) is 7.31. The molecule has 118 valence electrons. The molecule has 0 amide bonds. The standard InChI is InChI=1S/C15H22F2N2O2/c1-2-3-18-8-11-6-13(16)15(14(17)7-11)19-4-5-21-12(9-19)10-20/h6-7,12,18,20H,2-5,8-10H2,1H3. The summed E-state index contributed by atoms with van der Waals surface area (Å²) < 4.78 is 33.7. The van der Waals surface area contributed by atoms with Gasteiger partial charge in [0.25, 0.3) is 0 Å². The highest BCUT2D eigenvalue weighted by Crippen LogP contribution is 2.26. The Morgan fingerprint density at radius 2 is 2.10 bits per heavy atom. The summed E-state index contributed by atoms with van der Waals surface area (Å²) in [4.78, 5) is 1.60. The van der Waals surface area contributed by atoms with Crippen molar-refractivity contribution in [2.75, 3.05) is 37.7 Å². The van der Waals surface area contributed by atoms with Gasteiger partial charge in [-0.25, -0.2) is 8.78 Å². The molecule has 0 aliphatic carbocycles. The van der Waals surface area contributed by atoms with E-state index in [1.807, 2.05) is 6.92 Å². The van der Waals surface area contributed by atoms with Crippen LogP contribution in [-0.4, -0.2) is 44.1 Å². The lowest BCUT2D eigenvalue weighted by molar-refractivity contribution is 0.00323. The van der Waals surface area contributed by atoms with Gasteiger partial charge in [0.2, 0.25) is 0 Å². The normalized spacial score (nSPS) is 19.0. The fourth-order valence-corrected chi connectivity index (χ4v) is 2.46. The van der Waals surface area contributed by atoms with Crippen molar-refractivity contribution in [3.8, 4) is 0 Å². The number of morpholine rings is 1. The molecular weight excluding hydrogens is 278 g/mol. The summed E-state index contributed by atoms with van der Waals surface area (Å²) in [5.41, 5.74) is 0.560. The quantitative estimate of drug-likeness (QED) is 0.784. The highest BCUT2D eigenvalue weighted by atomic mass is 19.1. The van der Waals surface area contributed by atoms with Crippen LogP contribution >= 0.6 is 0 Å².